The van der Waals surface area contributed by atoms with Crippen molar-refractivity contribution in [2.24, 2.45) is 0 Å². The van der Waals surface area contributed by atoms with Gasteiger partial charge in [-0.3, -0.25) is 4.90 Å². The third kappa shape index (κ3) is 2.65. The zero-order valence-corrected chi connectivity index (χ0v) is 10.6. The predicted molar refractivity (Wildman–Crippen MR) is 66.2 cm³/mol. The Morgan fingerprint density at radius 1 is 1.06 bits per heavy atom. The Labute approximate surface area is 104 Å². The van der Waals surface area contributed by atoms with Crippen molar-refractivity contribution in [3.63, 3.8) is 0 Å². The lowest BCUT2D eigenvalue weighted by Gasteiger charge is -2.47. The van der Waals surface area contributed by atoms with Crippen LogP contribution in [0.4, 0.5) is 0 Å². The van der Waals surface area contributed by atoms with Crippen LogP contribution in [-0.4, -0.2) is 62.5 Å². The molecule has 0 amide bonds. The molecule has 3 saturated heterocycles. The second-order valence-electron chi connectivity index (χ2n) is 5.58. The van der Waals surface area contributed by atoms with Gasteiger partial charge in [-0.05, 0) is 38.8 Å². The monoisotopic (exact) mass is 240 g/mol. The van der Waals surface area contributed by atoms with E-state index >= 15 is 0 Å². The van der Waals surface area contributed by atoms with Gasteiger partial charge in [-0.25, -0.2) is 0 Å². The fourth-order valence-electron chi connectivity index (χ4n) is 3.49. The highest BCUT2D eigenvalue weighted by Crippen LogP contribution is 2.35. The van der Waals surface area contributed by atoms with Crippen molar-refractivity contribution in [3.05, 3.63) is 0 Å². The Kier molecular flexibility index (Phi) is 3.66. The Hall–Kier alpha value is -0.160. The van der Waals surface area contributed by atoms with Gasteiger partial charge in [-0.15, -0.1) is 0 Å². The van der Waals surface area contributed by atoms with Gasteiger partial charge in [0.2, 0.25) is 0 Å². The van der Waals surface area contributed by atoms with E-state index in [1.807, 2.05) is 0 Å². The molecule has 0 saturated carbocycles. The summed E-state index contributed by atoms with van der Waals surface area (Å²) in [4.78, 5) is 2.62. The maximum Gasteiger partial charge on any atom is 0.0721 e. The second-order valence-corrected chi connectivity index (χ2v) is 5.58. The minimum Gasteiger partial charge on any atom is -0.379 e. The summed E-state index contributed by atoms with van der Waals surface area (Å²) in [6.45, 7) is 7.23. The van der Waals surface area contributed by atoms with Crippen molar-refractivity contribution in [3.8, 4) is 0 Å². The van der Waals surface area contributed by atoms with Gasteiger partial charge < -0.3 is 14.8 Å². The van der Waals surface area contributed by atoms with Crippen LogP contribution >= 0.6 is 0 Å². The number of rotatable bonds is 1. The van der Waals surface area contributed by atoms with Crippen molar-refractivity contribution in [1.82, 2.24) is 10.2 Å². The first-order valence-electron chi connectivity index (χ1n) is 7.05. The Bertz CT molecular complexity index is 242. The molecule has 3 rings (SSSR count). The molecule has 1 spiro atoms. The normalized spacial score (nSPS) is 34.9. The van der Waals surface area contributed by atoms with Gasteiger partial charge in [-0.1, -0.05) is 0 Å². The van der Waals surface area contributed by atoms with Crippen LogP contribution in [-0.2, 0) is 9.47 Å². The Morgan fingerprint density at radius 2 is 1.82 bits per heavy atom. The summed E-state index contributed by atoms with van der Waals surface area (Å²) in [5.74, 6) is 0. The lowest BCUT2D eigenvalue weighted by atomic mass is 9.82. The minimum atomic E-state index is 0.187. The van der Waals surface area contributed by atoms with Gasteiger partial charge in [0.15, 0.2) is 0 Å². The molecule has 3 aliphatic heterocycles. The summed E-state index contributed by atoms with van der Waals surface area (Å²) < 4.78 is 11.6. The SMILES string of the molecule is C1CC2(CCN1)CC(N1CCOCC1)CCO2. The number of hydrogen-bond donors (Lipinski definition) is 1. The highest BCUT2D eigenvalue weighted by molar-refractivity contribution is 4.94. The summed E-state index contributed by atoms with van der Waals surface area (Å²) in [6, 6.07) is 0.728. The van der Waals surface area contributed by atoms with Gasteiger partial charge in [0, 0.05) is 25.7 Å². The molecule has 17 heavy (non-hydrogen) atoms. The second kappa shape index (κ2) is 5.22. The van der Waals surface area contributed by atoms with Crippen molar-refractivity contribution < 1.29 is 9.47 Å². The zero-order valence-electron chi connectivity index (χ0n) is 10.6. The molecule has 0 aliphatic carbocycles. The fraction of sp³-hybridized carbons (Fsp3) is 1.00. The van der Waals surface area contributed by atoms with Crippen molar-refractivity contribution >= 4 is 0 Å². The third-order valence-corrected chi connectivity index (χ3v) is 4.54. The number of nitrogens with zero attached hydrogens (tertiary/aromatic N) is 1. The number of ether oxygens (including phenoxy) is 2. The van der Waals surface area contributed by atoms with E-state index in [4.69, 9.17) is 9.47 Å². The number of morpholine rings is 1. The van der Waals surface area contributed by atoms with Gasteiger partial charge in [0.1, 0.15) is 0 Å². The molecule has 0 aromatic heterocycles. The predicted octanol–water partition coefficient (Wildman–Crippen LogP) is 0.620. The molecule has 0 aromatic carbocycles. The van der Waals surface area contributed by atoms with Crippen LogP contribution < -0.4 is 5.32 Å². The largest absolute Gasteiger partial charge is 0.379 e. The molecule has 4 heteroatoms. The molecule has 3 heterocycles. The molecule has 3 fully saturated rings. The number of piperidine rings is 1. The first-order chi connectivity index (χ1) is 8.38. The van der Waals surface area contributed by atoms with Crippen LogP contribution in [0.3, 0.4) is 0 Å². The molecule has 0 bridgehead atoms. The first kappa shape index (κ1) is 11.9. The zero-order chi connectivity index (χ0) is 11.6. The first-order valence-corrected chi connectivity index (χ1v) is 7.05. The van der Waals surface area contributed by atoms with Crippen LogP contribution in [0.5, 0.6) is 0 Å². The molecule has 4 nitrogen and oxygen atoms in total. The molecule has 1 atom stereocenters. The molecule has 0 radical (unpaired) electrons. The summed E-state index contributed by atoms with van der Waals surface area (Å²) in [5.41, 5.74) is 0.187. The van der Waals surface area contributed by atoms with E-state index in [1.54, 1.807) is 0 Å². The summed E-state index contributed by atoms with van der Waals surface area (Å²) in [5, 5.41) is 3.44. The summed E-state index contributed by atoms with van der Waals surface area (Å²) >= 11 is 0. The van der Waals surface area contributed by atoms with Crippen LogP contribution in [0.2, 0.25) is 0 Å². The van der Waals surface area contributed by atoms with Crippen LogP contribution in [0.15, 0.2) is 0 Å². The van der Waals surface area contributed by atoms with E-state index in [0.29, 0.717) is 0 Å². The smallest absolute Gasteiger partial charge is 0.0721 e. The highest BCUT2D eigenvalue weighted by Gasteiger charge is 2.40. The maximum absolute atomic E-state index is 6.13. The highest BCUT2D eigenvalue weighted by atomic mass is 16.5. The lowest BCUT2D eigenvalue weighted by molar-refractivity contribution is -0.128. The molecular formula is C13H24N2O2. The number of nitrogens with one attached hydrogen (secondary N) is 1. The van der Waals surface area contributed by atoms with E-state index in [9.17, 15) is 0 Å². The average Bonchev–Trinajstić information content (AvgIpc) is 2.41. The van der Waals surface area contributed by atoms with Crippen molar-refractivity contribution in [2.45, 2.75) is 37.3 Å². The molecule has 0 aromatic rings. The van der Waals surface area contributed by atoms with E-state index in [0.717, 1.165) is 52.0 Å². The van der Waals surface area contributed by atoms with Gasteiger partial charge in [0.25, 0.3) is 0 Å². The maximum atomic E-state index is 6.13. The summed E-state index contributed by atoms with van der Waals surface area (Å²) in [6.07, 6.45) is 4.81. The Morgan fingerprint density at radius 3 is 2.59 bits per heavy atom. The average molecular weight is 240 g/mol. The topological polar surface area (TPSA) is 33.7 Å². The minimum absolute atomic E-state index is 0.187. The van der Waals surface area contributed by atoms with Crippen molar-refractivity contribution in [2.75, 3.05) is 46.0 Å². The molecule has 1 N–H and O–H groups in total. The molecule has 1 unspecified atom stereocenters. The van der Waals surface area contributed by atoms with Crippen LogP contribution in [0.25, 0.3) is 0 Å². The van der Waals surface area contributed by atoms with Crippen LogP contribution in [0.1, 0.15) is 25.7 Å². The third-order valence-electron chi connectivity index (χ3n) is 4.54. The van der Waals surface area contributed by atoms with Gasteiger partial charge in [-0.2, -0.15) is 0 Å². The van der Waals surface area contributed by atoms with E-state index in [2.05, 4.69) is 10.2 Å². The van der Waals surface area contributed by atoms with Gasteiger partial charge >= 0.3 is 0 Å². The molecule has 98 valence electrons. The van der Waals surface area contributed by atoms with Gasteiger partial charge in [0.05, 0.1) is 18.8 Å². The Balaban J connectivity index is 1.61. The fourth-order valence-corrected chi connectivity index (χ4v) is 3.49. The van der Waals surface area contributed by atoms with E-state index < -0.39 is 0 Å². The van der Waals surface area contributed by atoms with Crippen LogP contribution in [0, 0.1) is 0 Å². The van der Waals surface area contributed by atoms with Crippen molar-refractivity contribution in [1.29, 1.82) is 0 Å². The van der Waals surface area contributed by atoms with E-state index in [1.165, 1.54) is 25.7 Å². The molecular weight excluding hydrogens is 216 g/mol. The quantitative estimate of drug-likeness (QED) is 0.728. The summed E-state index contributed by atoms with van der Waals surface area (Å²) in [7, 11) is 0. The number of hydrogen-bond acceptors (Lipinski definition) is 4. The molecule has 3 aliphatic rings. The lowest BCUT2D eigenvalue weighted by Crippen LogP contribution is -2.54. The standard InChI is InChI=1S/C13H24N2O2/c1-8-17-13(2-4-14-5-3-13)11-12(1)15-6-9-16-10-7-15/h12,14H,1-11H2. The van der Waals surface area contributed by atoms with E-state index in [-0.39, 0.29) is 5.60 Å².